The Hall–Kier alpha value is -2.00. The second-order valence-electron chi connectivity index (χ2n) is 5.37. The van der Waals surface area contributed by atoms with Crippen molar-refractivity contribution in [3.05, 3.63) is 64.7 Å². The van der Waals surface area contributed by atoms with Gasteiger partial charge in [0.05, 0.1) is 5.02 Å². The zero-order valence-electron chi connectivity index (χ0n) is 13.0. The predicted octanol–water partition coefficient (Wildman–Crippen LogP) is 4.07. The predicted molar refractivity (Wildman–Crippen MR) is 89.2 cm³/mol. The van der Waals surface area contributed by atoms with Gasteiger partial charge in [-0.3, -0.25) is 4.79 Å². The topological polar surface area (TPSA) is 29.5 Å². The van der Waals surface area contributed by atoms with Crippen LogP contribution in [0.1, 0.15) is 18.1 Å². The third-order valence-corrected chi connectivity index (χ3v) is 3.69. The minimum atomic E-state index is -0.590. The van der Waals surface area contributed by atoms with Gasteiger partial charge in [-0.15, -0.1) is 0 Å². The van der Waals surface area contributed by atoms with E-state index in [1.54, 1.807) is 24.9 Å². The fourth-order valence-corrected chi connectivity index (χ4v) is 2.35. The SMILES string of the molecule is Cc1ccc(Cl)c(OC(C)C(=O)N(C)Cc2ccccc2)c1. The van der Waals surface area contributed by atoms with E-state index in [1.807, 2.05) is 49.4 Å². The van der Waals surface area contributed by atoms with Crippen molar-refractivity contribution in [3.63, 3.8) is 0 Å². The lowest BCUT2D eigenvalue weighted by Crippen LogP contribution is -2.37. The van der Waals surface area contributed by atoms with Gasteiger partial charge < -0.3 is 9.64 Å². The fourth-order valence-electron chi connectivity index (χ4n) is 2.19. The highest BCUT2D eigenvalue weighted by atomic mass is 35.5. The second-order valence-corrected chi connectivity index (χ2v) is 5.78. The summed E-state index contributed by atoms with van der Waals surface area (Å²) in [6, 6.07) is 15.4. The van der Waals surface area contributed by atoms with Crippen LogP contribution >= 0.6 is 11.6 Å². The highest BCUT2D eigenvalue weighted by molar-refractivity contribution is 6.32. The van der Waals surface area contributed by atoms with Crippen molar-refractivity contribution in [2.75, 3.05) is 7.05 Å². The molecule has 0 saturated carbocycles. The smallest absolute Gasteiger partial charge is 0.263 e. The average Bonchev–Trinajstić information content (AvgIpc) is 2.51. The Morgan fingerprint density at radius 2 is 1.91 bits per heavy atom. The summed E-state index contributed by atoms with van der Waals surface area (Å²) in [5.41, 5.74) is 2.12. The minimum absolute atomic E-state index is 0.0820. The molecule has 0 aliphatic rings. The third kappa shape index (κ3) is 4.25. The molecular formula is C18H20ClNO2. The van der Waals surface area contributed by atoms with Crippen LogP contribution in [-0.2, 0) is 11.3 Å². The van der Waals surface area contributed by atoms with Crippen molar-refractivity contribution < 1.29 is 9.53 Å². The molecule has 4 heteroatoms. The molecule has 0 heterocycles. The number of carbonyl (C=O) groups is 1. The maximum Gasteiger partial charge on any atom is 0.263 e. The molecule has 0 bridgehead atoms. The summed E-state index contributed by atoms with van der Waals surface area (Å²) in [6.45, 7) is 4.24. The number of ether oxygens (including phenoxy) is 1. The molecular weight excluding hydrogens is 298 g/mol. The van der Waals surface area contributed by atoms with Gasteiger partial charge in [0.25, 0.3) is 5.91 Å². The van der Waals surface area contributed by atoms with E-state index in [9.17, 15) is 4.79 Å². The van der Waals surface area contributed by atoms with Gasteiger partial charge in [0, 0.05) is 13.6 Å². The van der Waals surface area contributed by atoms with Crippen LogP contribution in [0.4, 0.5) is 0 Å². The van der Waals surface area contributed by atoms with Crippen LogP contribution in [0.25, 0.3) is 0 Å². The normalized spacial score (nSPS) is 11.8. The van der Waals surface area contributed by atoms with Gasteiger partial charge in [-0.2, -0.15) is 0 Å². The number of hydrogen-bond donors (Lipinski definition) is 0. The first-order valence-corrected chi connectivity index (χ1v) is 7.57. The summed E-state index contributed by atoms with van der Waals surface area (Å²) in [5.74, 6) is 0.456. The van der Waals surface area contributed by atoms with E-state index in [0.717, 1.165) is 11.1 Å². The second kappa shape index (κ2) is 7.32. The molecule has 0 N–H and O–H groups in total. The summed E-state index contributed by atoms with van der Waals surface area (Å²) >= 11 is 6.10. The van der Waals surface area contributed by atoms with E-state index in [4.69, 9.17) is 16.3 Å². The first-order chi connectivity index (χ1) is 10.5. The number of amides is 1. The Balaban J connectivity index is 2.01. The molecule has 2 aromatic carbocycles. The van der Waals surface area contributed by atoms with E-state index >= 15 is 0 Å². The Bertz CT molecular complexity index is 643. The summed E-state index contributed by atoms with van der Waals surface area (Å²) < 4.78 is 5.72. The Morgan fingerprint density at radius 1 is 1.23 bits per heavy atom. The maximum absolute atomic E-state index is 12.4. The van der Waals surface area contributed by atoms with Gasteiger partial charge in [0.1, 0.15) is 5.75 Å². The standard InChI is InChI=1S/C18H20ClNO2/c1-13-9-10-16(19)17(11-13)22-14(2)18(21)20(3)12-15-7-5-4-6-8-15/h4-11,14H,12H2,1-3H3. The number of aryl methyl sites for hydroxylation is 1. The number of benzene rings is 2. The molecule has 0 spiro atoms. The van der Waals surface area contributed by atoms with Gasteiger partial charge in [-0.25, -0.2) is 0 Å². The van der Waals surface area contributed by atoms with Crippen molar-refractivity contribution in [3.8, 4) is 5.75 Å². The lowest BCUT2D eigenvalue weighted by Gasteiger charge is -2.22. The number of carbonyl (C=O) groups excluding carboxylic acids is 1. The lowest BCUT2D eigenvalue weighted by molar-refractivity contribution is -0.137. The van der Waals surface area contributed by atoms with Crippen LogP contribution in [0.2, 0.25) is 5.02 Å². The van der Waals surface area contributed by atoms with Crippen molar-refractivity contribution >= 4 is 17.5 Å². The van der Waals surface area contributed by atoms with Crippen molar-refractivity contribution in [1.29, 1.82) is 0 Å². The maximum atomic E-state index is 12.4. The van der Waals surface area contributed by atoms with E-state index in [2.05, 4.69) is 0 Å². The quantitative estimate of drug-likeness (QED) is 0.831. The molecule has 0 saturated heterocycles. The Labute approximate surface area is 136 Å². The van der Waals surface area contributed by atoms with E-state index in [0.29, 0.717) is 17.3 Å². The molecule has 0 fully saturated rings. The minimum Gasteiger partial charge on any atom is -0.479 e. The van der Waals surface area contributed by atoms with Gasteiger partial charge in [-0.1, -0.05) is 48.0 Å². The first kappa shape index (κ1) is 16.4. The van der Waals surface area contributed by atoms with Crippen LogP contribution in [0.3, 0.4) is 0 Å². The Kier molecular flexibility index (Phi) is 5.45. The molecule has 2 aromatic rings. The van der Waals surface area contributed by atoms with Gasteiger partial charge >= 0.3 is 0 Å². The largest absolute Gasteiger partial charge is 0.479 e. The van der Waals surface area contributed by atoms with Crippen molar-refractivity contribution in [1.82, 2.24) is 4.90 Å². The zero-order valence-corrected chi connectivity index (χ0v) is 13.8. The number of likely N-dealkylation sites (N-methyl/N-ethyl adjacent to an activating group) is 1. The molecule has 0 aliphatic heterocycles. The van der Waals surface area contributed by atoms with Crippen LogP contribution in [0.15, 0.2) is 48.5 Å². The molecule has 0 aliphatic carbocycles. The van der Waals surface area contributed by atoms with Crippen LogP contribution in [0.5, 0.6) is 5.75 Å². The molecule has 0 radical (unpaired) electrons. The first-order valence-electron chi connectivity index (χ1n) is 7.19. The van der Waals surface area contributed by atoms with Gasteiger partial charge in [0.15, 0.2) is 6.10 Å². The summed E-state index contributed by atoms with van der Waals surface area (Å²) in [4.78, 5) is 14.1. The van der Waals surface area contributed by atoms with E-state index in [-0.39, 0.29) is 5.91 Å². The molecule has 1 atom stereocenters. The summed E-state index contributed by atoms with van der Waals surface area (Å²) in [5, 5.41) is 0.510. The van der Waals surface area contributed by atoms with Crippen LogP contribution in [-0.4, -0.2) is 24.0 Å². The lowest BCUT2D eigenvalue weighted by atomic mass is 10.2. The van der Waals surface area contributed by atoms with Gasteiger partial charge in [-0.05, 0) is 37.1 Å². The fraction of sp³-hybridized carbons (Fsp3) is 0.278. The van der Waals surface area contributed by atoms with Crippen LogP contribution in [0, 0.1) is 6.92 Å². The monoisotopic (exact) mass is 317 g/mol. The van der Waals surface area contributed by atoms with Crippen LogP contribution < -0.4 is 4.74 Å². The summed E-state index contributed by atoms with van der Waals surface area (Å²) in [6.07, 6.45) is -0.590. The molecule has 3 nitrogen and oxygen atoms in total. The molecule has 0 aromatic heterocycles. The summed E-state index contributed by atoms with van der Waals surface area (Å²) in [7, 11) is 1.77. The van der Waals surface area contributed by atoms with Crippen molar-refractivity contribution in [2.24, 2.45) is 0 Å². The number of nitrogens with zero attached hydrogens (tertiary/aromatic N) is 1. The van der Waals surface area contributed by atoms with E-state index in [1.165, 1.54) is 0 Å². The number of hydrogen-bond acceptors (Lipinski definition) is 2. The van der Waals surface area contributed by atoms with Gasteiger partial charge in [0.2, 0.25) is 0 Å². The number of halogens is 1. The zero-order chi connectivity index (χ0) is 16.1. The molecule has 116 valence electrons. The third-order valence-electron chi connectivity index (χ3n) is 3.38. The average molecular weight is 318 g/mol. The highest BCUT2D eigenvalue weighted by Crippen LogP contribution is 2.26. The molecule has 2 rings (SSSR count). The highest BCUT2D eigenvalue weighted by Gasteiger charge is 2.20. The molecule has 1 amide bonds. The van der Waals surface area contributed by atoms with Crippen molar-refractivity contribution in [2.45, 2.75) is 26.5 Å². The number of rotatable bonds is 5. The Morgan fingerprint density at radius 3 is 2.59 bits per heavy atom. The molecule has 22 heavy (non-hydrogen) atoms. The molecule has 1 unspecified atom stereocenters. The van der Waals surface area contributed by atoms with E-state index < -0.39 is 6.10 Å².